The molecule has 170 valence electrons. The number of methoxy groups -OCH3 is 1. The van der Waals surface area contributed by atoms with Gasteiger partial charge in [0.1, 0.15) is 11.8 Å². The van der Waals surface area contributed by atoms with E-state index in [2.05, 4.69) is 15.0 Å². The molecule has 0 fully saturated rings. The van der Waals surface area contributed by atoms with Gasteiger partial charge in [0.15, 0.2) is 5.96 Å². The molecule has 10 heteroatoms. The van der Waals surface area contributed by atoms with Crippen LogP contribution in [-0.2, 0) is 14.8 Å². The largest absolute Gasteiger partial charge is 0.497 e. The quantitative estimate of drug-likeness (QED) is 0.219. The molecule has 0 spiro atoms. The van der Waals surface area contributed by atoms with E-state index in [-0.39, 0.29) is 23.2 Å². The van der Waals surface area contributed by atoms with Gasteiger partial charge >= 0.3 is 0 Å². The molecule has 0 aliphatic rings. The lowest BCUT2D eigenvalue weighted by Gasteiger charge is -2.18. The van der Waals surface area contributed by atoms with Gasteiger partial charge in [-0.15, -0.1) is 0 Å². The summed E-state index contributed by atoms with van der Waals surface area (Å²) in [6.45, 7) is 2.80. The molecule has 2 aromatic carbocycles. The van der Waals surface area contributed by atoms with Crippen LogP contribution in [0.15, 0.2) is 46.3 Å². The van der Waals surface area contributed by atoms with E-state index < -0.39 is 16.1 Å². The van der Waals surface area contributed by atoms with E-state index in [1.165, 1.54) is 6.07 Å². The number of nitrogens with zero attached hydrogens (tertiary/aromatic N) is 1. The van der Waals surface area contributed by atoms with Crippen LogP contribution in [0.5, 0.6) is 5.75 Å². The molecule has 6 N–H and O–H groups in total. The second-order valence-electron chi connectivity index (χ2n) is 7.14. The van der Waals surface area contributed by atoms with Crippen molar-refractivity contribution in [2.75, 3.05) is 20.2 Å². The first-order chi connectivity index (χ1) is 14.8. The van der Waals surface area contributed by atoms with Gasteiger partial charge < -0.3 is 21.5 Å². The monoisotopic (exact) mass is 449 g/mol. The van der Waals surface area contributed by atoms with Gasteiger partial charge in [0.05, 0.1) is 12.0 Å². The number of ether oxygens (including phenoxy) is 1. The van der Waals surface area contributed by atoms with Crippen molar-refractivity contribution in [3.05, 3.63) is 36.4 Å². The zero-order valence-electron chi connectivity index (χ0n) is 17.9. The van der Waals surface area contributed by atoms with Crippen LogP contribution in [0.1, 0.15) is 32.6 Å². The van der Waals surface area contributed by atoms with E-state index in [0.29, 0.717) is 25.3 Å². The van der Waals surface area contributed by atoms with Crippen molar-refractivity contribution < 1.29 is 17.9 Å². The fourth-order valence-electron chi connectivity index (χ4n) is 3.01. The summed E-state index contributed by atoms with van der Waals surface area (Å²) in [6, 6.07) is 9.24. The third-order valence-electron chi connectivity index (χ3n) is 4.72. The van der Waals surface area contributed by atoms with E-state index in [0.717, 1.165) is 23.6 Å². The normalized spacial score (nSPS) is 12.3. The molecule has 0 saturated heterocycles. The van der Waals surface area contributed by atoms with E-state index in [4.69, 9.17) is 16.2 Å². The highest BCUT2D eigenvalue weighted by molar-refractivity contribution is 7.89. The smallest absolute Gasteiger partial charge is 0.241 e. The maximum Gasteiger partial charge on any atom is 0.241 e. The van der Waals surface area contributed by atoms with Crippen molar-refractivity contribution in [2.24, 2.45) is 16.5 Å². The number of guanidine groups is 1. The van der Waals surface area contributed by atoms with E-state index in [9.17, 15) is 13.2 Å². The molecule has 0 heterocycles. The maximum absolute atomic E-state index is 13.0. The van der Waals surface area contributed by atoms with Crippen LogP contribution >= 0.6 is 0 Å². The number of nitrogens with two attached hydrogens (primary N) is 2. The zero-order chi connectivity index (χ0) is 22.9. The molecular formula is C21H31N5O4S. The number of benzene rings is 2. The molecule has 0 saturated carbocycles. The summed E-state index contributed by atoms with van der Waals surface area (Å²) in [5.41, 5.74) is 10.6. The van der Waals surface area contributed by atoms with Crippen LogP contribution in [0.3, 0.4) is 0 Å². The van der Waals surface area contributed by atoms with Crippen molar-refractivity contribution in [2.45, 2.75) is 43.5 Å². The molecule has 1 amide bonds. The van der Waals surface area contributed by atoms with E-state index >= 15 is 0 Å². The van der Waals surface area contributed by atoms with Crippen LogP contribution < -0.4 is 26.2 Å². The SMILES string of the molecule is CCCCNC(=O)[C@H](CCCN=C(N)N)NS(=O)(=O)c1ccc2cc(OC)ccc2c1. The average Bonchev–Trinajstić information content (AvgIpc) is 2.74. The number of carbonyl (C=O) groups excluding carboxylic acids is 1. The summed E-state index contributed by atoms with van der Waals surface area (Å²) in [6.07, 6.45) is 2.44. The second-order valence-corrected chi connectivity index (χ2v) is 8.86. The lowest BCUT2D eigenvalue weighted by atomic mass is 10.1. The average molecular weight is 450 g/mol. The number of nitrogens with one attached hydrogen (secondary N) is 2. The first-order valence-electron chi connectivity index (χ1n) is 10.2. The Bertz CT molecular complexity index is 1020. The lowest BCUT2D eigenvalue weighted by molar-refractivity contribution is -0.122. The van der Waals surface area contributed by atoms with Gasteiger partial charge in [0, 0.05) is 13.1 Å². The van der Waals surface area contributed by atoms with Crippen LogP contribution in [-0.4, -0.2) is 46.5 Å². The second kappa shape index (κ2) is 11.5. The fourth-order valence-corrected chi connectivity index (χ4v) is 4.27. The van der Waals surface area contributed by atoms with Gasteiger partial charge in [0.2, 0.25) is 15.9 Å². The number of aliphatic imine (C=N–C) groups is 1. The van der Waals surface area contributed by atoms with Crippen LogP contribution in [0.25, 0.3) is 10.8 Å². The molecular weight excluding hydrogens is 418 g/mol. The number of unbranched alkanes of at least 4 members (excludes halogenated alkanes) is 1. The Hall–Kier alpha value is -2.85. The van der Waals surface area contributed by atoms with Crippen molar-refractivity contribution in [3.63, 3.8) is 0 Å². The number of carbonyl (C=O) groups is 1. The van der Waals surface area contributed by atoms with Crippen molar-refractivity contribution >= 4 is 32.7 Å². The molecule has 2 aromatic rings. The summed E-state index contributed by atoms with van der Waals surface area (Å²) >= 11 is 0. The highest BCUT2D eigenvalue weighted by atomic mass is 32.2. The Morgan fingerprint density at radius 2 is 1.84 bits per heavy atom. The summed E-state index contributed by atoms with van der Waals surface area (Å²) in [7, 11) is -2.35. The van der Waals surface area contributed by atoms with Crippen LogP contribution in [0.2, 0.25) is 0 Å². The van der Waals surface area contributed by atoms with Crippen LogP contribution in [0.4, 0.5) is 0 Å². The molecule has 0 unspecified atom stereocenters. The summed E-state index contributed by atoms with van der Waals surface area (Å²) in [5.74, 6) is 0.274. The predicted molar refractivity (Wildman–Crippen MR) is 122 cm³/mol. The topological polar surface area (TPSA) is 149 Å². The van der Waals surface area contributed by atoms with Gasteiger partial charge in [-0.05, 0) is 54.3 Å². The Labute approximate surface area is 183 Å². The molecule has 31 heavy (non-hydrogen) atoms. The Kier molecular flexibility index (Phi) is 9.07. The lowest BCUT2D eigenvalue weighted by Crippen LogP contribution is -2.47. The zero-order valence-corrected chi connectivity index (χ0v) is 18.7. The highest BCUT2D eigenvalue weighted by Gasteiger charge is 2.25. The number of sulfonamides is 1. The summed E-state index contributed by atoms with van der Waals surface area (Å²) in [4.78, 5) is 16.6. The Morgan fingerprint density at radius 1 is 1.13 bits per heavy atom. The minimum Gasteiger partial charge on any atom is -0.497 e. The van der Waals surface area contributed by atoms with Crippen molar-refractivity contribution in [3.8, 4) is 5.75 Å². The number of amides is 1. The number of hydrogen-bond donors (Lipinski definition) is 4. The van der Waals surface area contributed by atoms with Crippen molar-refractivity contribution in [1.82, 2.24) is 10.0 Å². The molecule has 2 rings (SSSR count). The predicted octanol–water partition coefficient (Wildman–Crippen LogP) is 1.47. The summed E-state index contributed by atoms with van der Waals surface area (Å²) < 4.78 is 33.7. The molecule has 1 atom stereocenters. The molecule has 0 aliphatic carbocycles. The van der Waals surface area contributed by atoms with E-state index in [1.54, 1.807) is 31.4 Å². The summed E-state index contributed by atoms with van der Waals surface area (Å²) in [5, 5.41) is 4.39. The van der Waals surface area contributed by atoms with Crippen LogP contribution in [0, 0.1) is 0 Å². The molecule has 0 radical (unpaired) electrons. The van der Waals surface area contributed by atoms with E-state index in [1.807, 2.05) is 13.0 Å². The first-order valence-corrected chi connectivity index (χ1v) is 11.7. The third-order valence-corrected chi connectivity index (χ3v) is 6.19. The minimum absolute atomic E-state index is 0.0441. The highest BCUT2D eigenvalue weighted by Crippen LogP contribution is 2.24. The molecule has 0 bridgehead atoms. The van der Waals surface area contributed by atoms with Crippen molar-refractivity contribution in [1.29, 1.82) is 0 Å². The molecule has 0 aliphatic heterocycles. The van der Waals surface area contributed by atoms with Gasteiger partial charge in [0.25, 0.3) is 0 Å². The molecule has 9 nitrogen and oxygen atoms in total. The minimum atomic E-state index is -3.92. The Morgan fingerprint density at radius 3 is 2.52 bits per heavy atom. The first kappa shape index (κ1) is 24.4. The van der Waals surface area contributed by atoms with Gasteiger partial charge in [-0.25, -0.2) is 8.42 Å². The number of fused-ring (bicyclic) bond motifs is 1. The third kappa shape index (κ3) is 7.41. The van der Waals surface area contributed by atoms with Gasteiger partial charge in [-0.1, -0.05) is 25.5 Å². The number of rotatable bonds is 12. The van der Waals surface area contributed by atoms with Gasteiger partial charge in [-0.2, -0.15) is 4.72 Å². The standard InChI is InChI=1S/C21H31N5O4S/c1-3-4-11-24-20(27)19(6-5-12-25-21(22)23)26-31(28,29)18-10-8-15-13-17(30-2)9-7-16(15)14-18/h7-10,13-14,19,26H,3-6,11-12H2,1-2H3,(H,24,27)(H4,22,23,25)/t19-/m0/s1. The number of hydrogen-bond acceptors (Lipinski definition) is 5. The van der Waals surface area contributed by atoms with Gasteiger partial charge in [-0.3, -0.25) is 9.79 Å². The molecule has 0 aromatic heterocycles. The maximum atomic E-state index is 13.0. The fraction of sp³-hybridized carbons (Fsp3) is 0.429. The Balaban J connectivity index is 2.20.